The molecule has 4 heteroatoms. The lowest BCUT2D eigenvalue weighted by molar-refractivity contribution is 0.0690. The number of pyridine rings is 1. The van der Waals surface area contributed by atoms with Gasteiger partial charge in [-0.2, -0.15) is 0 Å². The molecule has 2 aromatic rings. The highest BCUT2D eigenvalue weighted by molar-refractivity contribution is 5.85. The van der Waals surface area contributed by atoms with Crippen LogP contribution in [-0.2, 0) is 13.0 Å². The van der Waals surface area contributed by atoms with Crippen molar-refractivity contribution in [3.8, 4) is 5.75 Å². The number of hydrogen-bond acceptors (Lipinski definition) is 3. The van der Waals surface area contributed by atoms with Gasteiger partial charge in [0.1, 0.15) is 18.1 Å². The predicted octanol–water partition coefficient (Wildman–Crippen LogP) is 3.70. The van der Waals surface area contributed by atoms with Crippen molar-refractivity contribution in [1.29, 1.82) is 0 Å². The summed E-state index contributed by atoms with van der Waals surface area (Å²) in [4.78, 5) is 14.9. The average Bonchev–Trinajstić information content (AvgIpc) is 2.52. The van der Waals surface area contributed by atoms with E-state index in [0.29, 0.717) is 5.69 Å². The minimum absolute atomic E-state index is 0.0333. The molecule has 21 heavy (non-hydrogen) atoms. The maximum atomic E-state index is 10.8. The van der Waals surface area contributed by atoms with Crippen molar-refractivity contribution in [3.05, 3.63) is 59.4 Å². The van der Waals surface area contributed by atoms with Crippen LogP contribution in [0.15, 0.2) is 42.5 Å². The lowest BCUT2D eigenvalue weighted by Gasteiger charge is -2.07. The first-order valence-corrected chi connectivity index (χ1v) is 7.10. The Morgan fingerprint density at radius 3 is 2.62 bits per heavy atom. The van der Waals surface area contributed by atoms with E-state index < -0.39 is 5.97 Å². The molecule has 1 aromatic carbocycles. The Labute approximate surface area is 124 Å². The van der Waals surface area contributed by atoms with E-state index in [1.807, 2.05) is 12.1 Å². The molecule has 0 spiro atoms. The number of nitrogens with zero attached hydrogens (tertiary/aromatic N) is 1. The molecule has 0 saturated heterocycles. The zero-order valence-electron chi connectivity index (χ0n) is 12.1. The molecule has 0 radical (unpaired) electrons. The zero-order chi connectivity index (χ0) is 15.1. The van der Waals surface area contributed by atoms with Gasteiger partial charge in [-0.1, -0.05) is 31.5 Å². The second kappa shape index (κ2) is 7.43. The molecule has 0 fully saturated rings. The summed E-state index contributed by atoms with van der Waals surface area (Å²) in [6, 6.07) is 12.9. The van der Waals surface area contributed by atoms with E-state index in [1.165, 1.54) is 24.5 Å². The minimum atomic E-state index is -1.03. The maximum Gasteiger partial charge on any atom is 0.354 e. The van der Waals surface area contributed by atoms with E-state index in [9.17, 15) is 4.79 Å². The molecule has 1 aromatic heterocycles. The third-order valence-corrected chi connectivity index (χ3v) is 3.15. The van der Waals surface area contributed by atoms with Gasteiger partial charge in [0.15, 0.2) is 0 Å². The Morgan fingerprint density at radius 1 is 1.19 bits per heavy atom. The van der Waals surface area contributed by atoms with E-state index in [4.69, 9.17) is 9.84 Å². The van der Waals surface area contributed by atoms with Crippen LogP contribution >= 0.6 is 0 Å². The first-order valence-electron chi connectivity index (χ1n) is 7.10. The molecular formula is C17H19NO3. The molecule has 0 amide bonds. The molecule has 2 rings (SSSR count). The summed E-state index contributed by atoms with van der Waals surface area (Å²) in [6.45, 7) is 2.44. The smallest absolute Gasteiger partial charge is 0.354 e. The molecule has 0 bridgehead atoms. The Hall–Kier alpha value is -2.36. The fraction of sp³-hybridized carbons (Fsp3) is 0.294. The van der Waals surface area contributed by atoms with Crippen LogP contribution in [-0.4, -0.2) is 16.1 Å². The standard InChI is InChI=1S/C17H19NO3/c1-2-3-5-13-8-10-15(11-9-13)21-12-14-6-4-7-16(18-14)17(19)20/h4,6-11H,2-3,5,12H2,1H3,(H,19,20). The molecule has 0 aliphatic heterocycles. The van der Waals surface area contributed by atoms with Crippen LogP contribution in [0.25, 0.3) is 0 Å². The van der Waals surface area contributed by atoms with E-state index in [0.717, 1.165) is 12.2 Å². The molecule has 0 aliphatic rings. The van der Waals surface area contributed by atoms with Crippen LogP contribution in [0.3, 0.4) is 0 Å². The van der Waals surface area contributed by atoms with E-state index in [2.05, 4.69) is 24.0 Å². The third-order valence-electron chi connectivity index (χ3n) is 3.15. The van der Waals surface area contributed by atoms with Gasteiger partial charge in [-0.05, 0) is 42.7 Å². The summed E-state index contributed by atoms with van der Waals surface area (Å²) in [5.74, 6) is -0.269. The quantitative estimate of drug-likeness (QED) is 0.842. The summed E-state index contributed by atoms with van der Waals surface area (Å²) >= 11 is 0. The Bertz CT molecular complexity index is 593. The Balaban J connectivity index is 1.93. The van der Waals surface area contributed by atoms with Crippen molar-refractivity contribution >= 4 is 5.97 Å². The molecule has 1 heterocycles. The van der Waals surface area contributed by atoms with E-state index in [1.54, 1.807) is 12.1 Å². The third kappa shape index (κ3) is 4.60. The number of unbranched alkanes of at least 4 members (excludes halogenated alkanes) is 1. The Morgan fingerprint density at radius 2 is 1.95 bits per heavy atom. The largest absolute Gasteiger partial charge is 0.487 e. The number of carboxylic acid groups (broad SMARTS) is 1. The van der Waals surface area contributed by atoms with Crippen LogP contribution < -0.4 is 4.74 Å². The van der Waals surface area contributed by atoms with Crippen molar-refractivity contribution < 1.29 is 14.6 Å². The fourth-order valence-electron chi connectivity index (χ4n) is 1.97. The molecule has 0 aliphatic carbocycles. The normalized spacial score (nSPS) is 10.3. The first-order chi connectivity index (χ1) is 10.2. The molecule has 110 valence electrons. The fourth-order valence-corrected chi connectivity index (χ4v) is 1.97. The Kier molecular flexibility index (Phi) is 5.32. The summed E-state index contributed by atoms with van der Waals surface area (Å²) in [5, 5.41) is 8.89. The van der Waals surface area contributed by atoms with Crippen molar-refractivity contribution in [1.82, 2.24) is 4.98 Å². The van der Waals surface area contributed by atoms with Gasteiger partial charge < -0.3 is 9.84 Å². The number of carbonyl (C=O) groups is 1. The van der Waals surface area contributed by atoms with Gasteiger partial charge in [0.2, 0.25) is 0 Å². The number of benzene rings is 1. The second-order valence-corrected chi connectivity index (χ2v) is 4.86. The molecule has 0 atom stereocenters. The number of aromatic carboxylic acids is 1. The maximum absolute atomic E-state index is 10.8. The SMILES string of the molecule is CCCCc1ccc(OCc2cccc(C(=O)O)n2)cc1. The summed E-state index contributed by atoms with van der Waals surface area (Å²) < 4.78 is 5.63. The highest BCUT2D eigenvalue weighted by atomic mass is 16.5. The number of aromatic nitrogens is 1. The molecule has 0 unspecified atom stereocenters. The number of ether oxygens (including phenoxy) is 1. The van der Waals surface area contributed by atoms with Gasteiger partial charge in [-0.15, -0.1) is 0 Å². The summed E-state index contributed by atoms with van der Waals surface area (Å²) in [6.07, 6.45) is 3.45. The second-order valence-electron chi connectivity index (χ2n) is 4.86. The van der Waals surface area contributed by atoms with Crippen molar-refractivity contribution in [2.75, 3.05) is 0 Å². The number of aryl methyl sites for hydroxylation is 1. The molecular weight excluding hydrogens is 266 g/mol. The summed E-state index contributed by atoms with van der Waals surface area (Å²) in [5.41, 5.74) is 1.94. The topological polar surface area (TPSA) is 59.4 Å². The van der Waals surface area contributed by atoms with Gasteiger partial charge in [0.25, 0.3) is 0 Å². The van der Waals surface area contributed by atoms with Crippen LogP contribution in [0.1, 0.15) is 41.5 Å². The van der Waals surface area contributed by atoms with Gasteiger partial charge >= 0.3 is 5.97 Å². The van der Waals surface area contributed by atoms with Gasteiger partial charge in [-0.25, -0.2) is 9.78 Å². The highest BCUT2D eigenvalue weighted by Crippen LogP contribution is 2.15. The number of hydrogen-bond donors (Lipinski definition) is 1. The lowest BCUT2D eigenvalue weighted by Crippen LogP contribution is -2.04. The van der Waals surface area contributed by atoms with Crippen molar-refractivity contribution in [2.24, 2.45) is 0 Å². The van der Waals surface area contributed by atoms with Crippen molar-refractivity contribution in [2.45, 2.75) is 32.8 Å². The molecule has 0 saturated carbocycles. The van der Waals surface area contributed by atoms with Gasteiger partial charge in [0.05, 0.1) is 5.69 Å². The minimum Gasteiger partial charge on any atom is -0.487 e. The van der Waals surface area contributed by atoms with Crippen LogP contribution in [0.2, 0.25) is 0 Å². The number of rotatable bonds is 7. The molecule has 1 N–H and O–H groups in total. The average molecular weight is 285 g/mol. The lowest BCUT2D eigenvalue weighted by atomic mass is 10.1. The van der Waals surface area contributed by atoms with Crippen LogP contribution in [0.5, 0.6) is 5.75 Å². The van der Waals surface area contributed by atoms with E-state index >= 15 is 0 Å². The predicted molar refractivity (Wildman–Crippen MR) is 80.6 cm³/mol. The summed E-state index contributed by atoms with van der Waals surface area (Å²) in [7, 11) is 0. The van der Waals surface area contributed by atoms with Gasteiger partial charge in [-0.3, -0.25) is 0 Å². The molecule has 4 nitrogen and oxygen atoms in total. The first kappa shape index (κ1) is 15.0. The zero-order valence-corrected chi connectivity index (χ0v) is 12.1. The monoisotopic (exact) mass is 285 g/mol. The van der Waals surface area contributed by atoms with Crippen molar-refractivity contribution in [3.63, 3.8) is 0 Å². The number of carboxylic acids is 1. The highest BCUT2D eigenvalue weighted by Gasteiger charge is 2.05. The van der Waals surface area contributed by atoms with Crippen LogP contribution in [0, 0.1) is 0 Å². The van der Waals surface area contributed by atoms with Gasteiger partial charge in [0, 0.05) is 0 Å². The van der Waals surface area contributed by atoms with Crippen LogP contribution in [0.4, 0.5) is 0 Å². The van der Waals surface area contributed by atoms with E-state index in [-0.39, 0.29) is 12.3 Å².